The third-order valence-corrected chi connectivity index (χ3v) is 12.5. The minimum absolute atomic E-state index is 0.00121. The summed E-state index contributed by atoms with van der Waals surface area (Å²) in [4.78, 5) is 23.8. The molecule has 3 N–H and O–H groups in total. The number of anilines is 1. The summed E-state index contributed by atoms with van der Waals surface area (Å²) in [7, 11) is -2.10. The van der Waals surface area contributed by atoms with Crippen LogP contribution in [0.1, 0.15) is 38.1 Å². The van der Waals surface area contributed by atoms with Crippen LogP contribution in [0, 0.1) is 0 Å². The lowest BCUT2D eigenvalue weighted by atomic mass is 10.1. The molecule has 41 heavy (non-hydrogen) atoms. The first-order chi connectivity index (χ1) is 19.5. The number of ether oxygens (including phenoxy) is 3. The second-order valence-electron chi connectivity index (χ2n) is 11.9. The number of nitrogens with two attached hydrogens (primary N) is 1. The van der Waals surface area contributed by atoms with Crippen LogP contribution >= 0.6 is 0 Å². The summed E-state index contributed by atoms with van der Waals surface area (Å²) in [5, 5.41) is 0.0254. The summed E-state index contributed by atoms with van der Waals surface area (Å²) in [5.74, 6) is -0.00121. The molecule has 2 aromatic heterocycles. The number of rotatable bonds is 10. The molecular weight excluding hydrogens is 538 g/mol. The second-order valence-corrected chi connectivity index (χ2v) is 16.7. The number of nitrogen functional groups attached to an aromatic ring is 1. The molecule has 0 bridgehead atoms. The van der Waals surface area contributed by atoms with Crippen molar-refractivity contribution in [2.24, 2.45) is 0 Å². The molecule has 1 aliphatic rings. The number of imidazole rings is 1. The number of H-pyrrole nitrogens is 1. The van der Waals surface area contributed by atoms with Crippen LogP contribution < -0.4 is 11.3 Å². The first-order valence-electron chi connectivity index (χ1n) is 13.9. The van der Waals surface area contributed by atoms with Crippen molar-refractivity contribution in [2.45, 2.75) is 76.7 Å². The predicted octanol–water partition coefficient (Wildman–Crippen LogP) is 4.79. The van der Waals surface area contributed by atoms with Crippen LogP contribution in [0.15, 0.2) is 71.8 Å². The highest BCUT2D eigenvalue weighted by Crippen LogP contribution is 2.40. The Morgan fingerprint density at radius 2 is 1.56 bits per heavy atom. The van der Waals surface area contributed by atoms with Crippen LogP contribution in [-0.4, -0.2) is 52.8 Å². The fraction of sp³-hybridized carbons (Fsp3) is 0.433. The Kier molecular flexibility index (Phi) is 8.44. The molecule has 0 amide bonds. The first kappa shape index (κ1) is 29.1. The molecule has 1 aliphatic heterocycles. The zero-order valence-corrected chi connectivity index (χ0v) is 25.2. The monoisotopic (exact) mass is 577 g/mol. The number of hydrogen-bond donors (Lipinski definition) is 2. The Morgan fingerprint density at radius 1 is 0.976 bits per heavy atom. The van der Waals surface area contributed by atoms with E-state index < -0.39 is 38.4 Å². The molecule has 3 heterocycles. The minimum atomic E-state index is -2.10. The Morgan fingerprint density at radius 3 is 2.15 bits per heavy atom. The molecule has 10 nitrogen and oxygen atoms in total. The lowest BCUT2D eigenvalue weighted by Gasteiger charge is -2.37. The summed E-state index contributed by atoms with van der Waals surface area (Å²) < 4.78 is 28.2. The average molecular weight is 578 g/mol. The molecule has 4 atom stereocenters. The number of nitrogens with zero attached hydrogens (tertiary/aromatic N) is 3. The van der Waals surface area contributed by atoms with Gasteiger partial charge in [0.1, 0.15) is 18.3 Å². The van der Waals surface area contributed by atoms with Gasteiger partial charge in [-0.2, -0.15) is 4.98 Å². The van der Waals surface area contributed by atoms with Gasteiger partial charge in [-0.05, 0) is 29.3 Å². The van der Waals surface area contributed by atoms with Crippen LogP contribution in [0.4, 0.5) is 5.95 Å². The van der Waals surface area contributed by atoms with E-state index in [1.165, 1.54) is 0 Å². The average Bonchev–Trinajstić information content (AvgIpc) is 3.51. The molecule has 218 valence electrons. The van der Waals surface area contributed by atoms with Gasteiger partial charge < -0.3 is 24.4 Å². The predicted molar refractivity (Wildman–Crippen MR) is 160 cm³/mol. The second kappa shape index (κ2) is 11.9. The van der Waals surface area contributed by atoms with Gasteiger partial charge in [-0.1, -0.05) is 81.4 Å². The zero-order valence-electron chi connectivity index (χ0n) is 24.2. The van der Waals surface area contributed by atoms with Crippen molar-refractivity contribution >= 4 is 25.4 Å². The normalized spacial score (nSPS) is 21.5. The van der Waals surface area contributed by atoms with E-state index in [4.69, 9.17) is 24.4 Å². The summed E-state index contributed by atoms with van der Waals surface area (Å²) in [6.07, 6.45) is -0.639. The largest absolute Gasteiger partial charge is 0.414 e. The van der Waals surface area contributed by atoms with E-state index in [2.05, 4.69) is 48.8 Å². The third-order valence-electron chi connectivity index (χ3n) is 8.00. The van der Waals surface area contributed by atoms with Crippen molar-refractivity contribution in [1.82, 2.24) is 19.5 Å². The maximum absolute atomic E-state index is 12.6. The van der Waals surface area contributed by atoms with Crippen LogP contribution in [0.5, 0.6) is 0 Å². The van der Waals surface area contributed by atoms with E-state index in [0.717, 1.165) is 11.1 Å². The Hall–Kier alpha value is -3.35. The Balaban J connectivity index is 1.51. The zero-order chi connectivity index (χ0) is 29.2. The molecule has 2 aromatic carbocycles. The van der Waals surface area contributed by atoms with Gasteiger partial charge in [-0.15, -0.1) is 0 Å². The number of fused-ring (bicyclic) bond motifs is 1. The minimum Gasteiger partial charge on any atom is -0.414 e. The fourth-order valence-electron chi connectivity index (χ4n) is 4.61. The summed E-state index contributed by atoms with van der Waals surface area (Å²) >= 11 is 0. The molecule has 0 saturated carbocycles. The molecule has 0 unspecified atom stereocenters. The number of aromatic amines is 1. The van der Waals surface area contributed by atoms with Gasteiger partial charge >= 0.3 is 0 Å². The van der Waals surface area contributed by atoms with E-state index in [-0.39, 0.29) is 16.5 Å². The van der Waals surface area contributed by atoms with Crippen molar-refractivity contribution in [1.29, 1.82) is 0 Å². The summed E-state index contributed by atoms with van der Waals surface area (Å²) in [6, 6.07) is 19.9. The van der Waals surface area contributed by atoms with Gasteiger partial charge in [0, 0.05) is 0 Å². The first-order valence-corrected chi connectivity index (χ1v) is 16.8. The number of benzene rings is 2. The van der Waals surface area contributed by atoms with Crippen molar-refractivity contribution in [2.75, 3.05) is 12.3 Å². The third kappa shape index (κ3) is 6.44. The van der Waals surface area contributed by atoms with Crippen LogP contribution in [0.25, 0.3) is 11.2 Å². The van der Waals surface area contributed by atoms with E-state index in [1.807, 2.05) is 60.7 Å². The maximum Gasteiger partial charge on any atom is 0.280 e. The van der Waals surface area contributed by atoms with Gasteiger partial charge in [0.2, 0.25) is 5.95 Å². The standard InChI is InChI=1S/C30H39N5O5Si/c1-30(2,3)41(4,5)39-18-22-24(37-16-20-12-8-6-9-13-20)25(38-17-21-14-10-7-11-15-21)28(40-22)35-19-32-23-26(35)33-29(31)34-27(23)36/h6-15,19,22,24-25,28H,16-18H2,1-5H3,(H3,31,33,34,36)/t22-,24-,25+,28-/m1/s1. The van der Waals surface area contributed by atoms with Gasteiger partial charge in [-0.3, -0.25) is 14.3 Å². The van der Waals surface area contributed by atoms with Gasteiger partial charge in [0.15, 0.2) is 25.7 Å². The highest BCUT2D eigenvalue weighted by molar-refractivity contribution is 6.74. The van der Waals surface area contributed by atoms with Crippen LogP contribution in [-0.2, 0) is 31.9 Å². The Labute approximate surface area is 241 Å². The number of aromatic nitrogens is 4. The smallest absolute Gasteiger partial charge is 0.280 e. The fourth-order valence-corrected chi connectivity index (χ4v) is 5.63. The highest BCUT2D eigenvalue weighted by atomic mass is 28.4. The lowest BCUT2D eigenvalue weighted by molar-refractivity contribution is -0.0898. The molecule has 11 heteroatoms. The van der Waals surface area contributed by atoms with Gasteiger partial charge in [0.25, 0.3) is 5.56 Å². The summed E-state index contributed by atoms with van der Waals surface area (Å²) in [6.45, 7) is 12.1. The molecular formula is C30H39N5O5Si. The van der Waals surface area contributed by atoms with Crippen LogP contribution in [0.2, 0.25) is 18.1 Å². The lowest BCUT2D eigenvalue weighted by Crippen LogP contribution is -2.45. The molecule has 1 saturated heterocycles. The van der Waals surface area contributed by atoms with Crippen molar-refractivity contribution in [3.05, 3.63) is 88.5 Å². The summed E-state index contributed by atoms with van der Waals surface area (Å²) in [5.41, 5.74) is 8.03. The molecule has 5 rings (SSSR count). The van der Waals surface area contributed by atoms with Gasteiger partial charge in [-0.25, -0.2) is 4.98 Å². The highest BCUT2D eigenvalue weighted by Gasteiger charge is 2.49. The SMILES string of the molecule is CC(C)(C)[Si](C)(C)OC[C@H]1O[C@@H](n2cnc3c(=O)[nH]c(N)nc32)[C@@H](OCc2ccccc2)[C@@H]1OCc1ccccc1. The van der Waals surface area contributed by atoms with Crippen molar-refractivity contribution in [3.8, 4) is 0 Å². The molecule has 1 fully saturated rings. The van der Waals surface area contributed by atoms with Crippen molar-refractivity contribution < 1.29 is 18.6 Å². The number of nitrogens with one attached hydrogen (secondary N) is 1. The van der Waals surface area contributed by atoms with E-state index in [1.54, 1.807) is 10.9 Å². The topological polar surface area (TPSA) is 127 Å². The quantitative estimate of drug-likeness (QED) is 0.258. The Bertz CT molecular complexity index is 1500. The maximum atomic E-state index is 12.6. The van der Waals surface area contributed by atoms with E-state index in [9.17, 15) is 4.79 Å². The number of hydrogen-bond acceptors (Lipinski definition) is 8. The molecule has 0 radical (unpaired) electrons. The molecule has 0 aliphatic carbocycles. The molecule has 4 aromatic rings. The van der Waals surface area contributed by atoms with Crippen LogP contribution in [0.3, 0.4) is 0 Å². The van der Waals surface area contributed by atoms with E-state index in [0.29, 0.717) is 25.5 Å². The molecule has 0 spiro atoms. The van der Waals surface area contributed by atoms with Gasteiger partial charge in [0.05, 0.1) is 26.1 Å². The van der Waals surface area contributed by atoms with E-state index >= 15 is 0 Å². The van der Waals surface area contributed by atoms with Crippen molar-refractivity contribution in [3.63, 3.8) is 0 Å².